The first-order valence-electron chi connectivity index (χ1n) is 11.6. The molecule has 0 spiro atoms. The third-order valence-electron chi connectivity index (χ3n) is 6.43. The molecular formula is C24H33N5O2S. The quantitative estimate of drug-likeness (QED) is 0.476. The maximum Gasteiger partial charge on any atom is 0.409 e. The number of aryl methyl sites for hydroxylation is 1. The Morgan fingerprint density at radius 2 is 2.06 bits per heavy atom. The van der Waals surface area contributed by atoms with Crippen molar-refractivity contribution in [2.24, 2.45) is 0 Å². The molecule has 1 atom stereocenters. The van der Waals surface area contributed by atoms with Crippen LogP contribution < -0.4 is 0 Å². The van der Waals surface area contributed by atoms with Crippen molar-refractivity contribution in [1.29, 1.82) is 0 Å². The molecule has 0 bridgehead atoms. The molecule has 0 aromatic carbocycles. The van der Waals surface area contributed by atoms with Crippen LogP contribution in [0.1, 0.15) is 55.3 Å². The fourth-order valence-electron chi connectivity index (χ4n) is 4.74. The standard InChI is InChI=1S/C24H33N5O2S/c1-3-31-24(30)28-12-8-21(9-13-28)29-11-5-7-20(16-29)22-18(2)14-26-23(27-22)32-17-19-6-4-10-25-15-19/h4,6,10,14-15,20-21H,3,5,7-9,11-13,16-17H2,1-2H3/t20-/m0/s1. The molecule has 2 aromatic rings. The molecule has 172 valence electrons. The van der Waals surface area contributed by atoms with Crippen LogP contribution in [-0.2, 0) is 10.5 Å². The lowest BCUT2D eigenvalue weighted by Gasteiger charge is -2.42. The first-order valence-corrected chi connectivity index (χ1v) is 12.6. The van der Waals surface area contributed by atoms with Gasteiger partial charge < -0.3 is 9.64 Å². The van der Waals surface area contributed by atoms with Gasteiger partial charge in [-0.1, -0.05) is 17.8 Å². The van der Waals surface area contributed by atoms with Gasteiger partial charge >= 0.3 is 6.09 Å². The second-order valence-corrected chi connectivity index (χ2v) is 9.56. The van der Waals surface area contributed by atoms with E-state index in [2.05, 4.69) is 27.9 Å². The van der Waals surface area contributed by atoms with Gasteiger partial charge in [-0.15, -0.1) is 0 Å². The van der Waals surface area contributed by atoms with Crippen LogP contribution in [0.4, 0.5) is 4.79 Å². The van der Waals surface area contributed by atoms with Crippen LogP contribution in [0.15, 0.2) is 35.9 Å². The number of amides is 1. The Balaban J connectivity index is 1.36. The summed E-state index contributed by atoms with van der Waals surface area (Å²) in [5.74, 6) is 1.26. The maximum absolute atomic E-state index is 12.0. The normalized spacial score (nSPS) is 20.3. The Bertz CT molecular complexity index is 889. The van der Waals surface area contributed by atoms with Crippen LogP contribution in [0, 0.1) is 6.92 Å². The van der Waals surface area contributed by atoms with E-state index in [9.17, 15) is 4.79 Å². The van der Waals surface area contributed by atoms with Gasteiger partial charge in [-0.3, -0.25) is 9.88 Å². The van der Waals surface area contributed by atoms with Gasteiger partial charge in [0.2, 0.25) is 0 Å². The van der Waals surface area contributed by atoms with Gasteiger partial charge in [0.05, 0.1) is 12.3 Å². The van der Waals surface area contributed by atoms with Crippen molar-refractivity contribution in [1.82, 2.24) is 24.8 Å². The van der Waals surface area contributed by atoms with Gasteiger partial charge in [-0.25, -0.2) is 14.8 Å². The monoisotopic (exact) mass is 455 g/mol. The molecule has 0 radical (unpaired) electrons. The van der Waals surface area contributed by atoms with Crippen LogP contribution in [-0.4, -0.2) is 69.7 Å². The van der Waals surface area contributed by atoms with Crippen LogP contribution in [0.5, 0.6) is 0 Å². The Morgan fingerprint density at radius 3 is 2.81 bits per heavy atom. The van der Waals surface area contributed by atoms with E-state index in [0.717, 1.165) is 49.9 Å². The van der Waals surface area contributed by atoms with Crippen LogP contribution >= 0.6 is 11.8 Å². The molecule has 2 aromatic heterocycles. The zero-order valence-electron chi connectivity index (χ0n) is 19.1. The van der Waals surface area contributed by atoms with Crippen molar-refractivity contribution >= 4 is 17.9 Å². The molecule has 2 aliphatic rings. The van der Waals surface area contributed by atoms with Gasteiger partial charge in [0, 0.05) is 55.9 Å². The van der Waals surface area contributed by atoms with E-state index < -0.39 is 0 Å². The highest BCUT2D eigenvalue weighted by Crippen LogP contribution is 2.32. The Hall–Kier alpha value is -2.19. The molecule has 7 nitrogen and oxygen atoms in total. The maximum atomic E-state index is 12.0. The lowest BCUT2D eigenvalue weighted by Crippen LogP contribution is -2.49. The molecule has 2 saturated heterocycles. The summed E-state index contributed by atoms with van der Waals surface area (Å²) in [5.41, 5.74) is 3.56. The molecule has 4 heterocycles. The molecule has 4 rings (SSSR count). The zero-order valence-corrected chi connectivity index (χ0v) is 19.9. The molecule has 0 N–H and O–H groups in total. The van der Waals surface area contributed by atoms with Crippen molar-refractivity contribution in [2.45, 2.75) is 62.4 Å². The van der Waals surface area contributed by atoms with E-state index in [-0.39, 0.29) is 6.09 Å². The highest BCUT2D eigenvalue weighted by Gasteiger charge is 2.32. The number of carbonyl (C=O) groups excluding carboxylic acids is 1. The Morgan fingerprint density at radius 1 is 1.22 bits per heavy atom. The minimum atomic E-state index is -0.171. The predicted molar refractivity (Wildman–Crippen MR) is 126 cm³/mol. The number of pyridine rings is 1. The van der Waals surface area contributed by atoms with Gasteiger partial charge in [0.1, 0.15) is 0 Å². The Kier molecular flexibility index (Phi) is 7.97. The zero-order chi connectivity index (χ0) is 22.3. The van der Waals surface area contributed by atoms with Crippen LogP contribution in [0.25, 0.3) is 0 Å². The van der Waals surface area contributed by atoms with Gasteiger partial charge in [-0.05, 0) is 63.3 Å². The summed E-state index contributed by atoms with van der Waals surface area (Å²) in [6.07, 6.45) is 9.88. The minimum Gasteiger partial charge on any atom is -0.450 e. The summed E-state index contributed by atoms with van der Waals surface area (Å²) >= 11 is 1.67. The fraction of sp³-hybridized carbons (Fsp3) is 0.583. The summed E-state index contributed by atoms with van der Waals surface area (Å²) in [6, 6.07) is 4.58. The number of nitrogens with zero attached hydrogens (tertiary/aromatic N) is 5. The summed E-state index contributed by atoms with van der Waals surface area (Å²) in [5, 5.41) is 0.842. The van der Waals surface area contributed by atoms with E-state index in [1.165, 1.54) is 29.7 Å². The first-order chi connectivity index (χ1) is 15.6. The molecule has 32 heavy (non-hydrogen) atoms. The summed E-state index contributed by atoms with van der Waals surface area (Å²) < 4.78 is 5.16. The second-order valence-electron chi connectivity index (χ2n) is 8.62. The van der Waals surface area contributed by atoms with Crippen molar-refractivity contribution < 1.29 is 9.53 Å². The third kappa shape index (κ3) is 5.78. The largest absolute Gasteiger partial charge is 0.450 e. The van der Waals surface area contributed by atoms with E-state index in [4.69, 9.17) is 9.72 Å². The molecule has 1 amide bonds. The highest BCUT2D eigenvalue weighted by molar-refractivity contribution is 7.98. The highest BCUT2D eigenvalue weighted by atomic mass is 32.2. The number of likely N-dealkylation sites (tertiary alicyclic amines) is 2. The fourth-order valence-corrected chi connectivity index (χ4v) is 5.50. The van der Waals surface area contributed by atoms with Crippen molar-refractivity contribution in [2.75, 3.05) is 32.8 Å². The summed E-state index contributed by atoms with van der Waals surface area (Å²) in [7, 11) is 0. The smallest absolute Gasteiger partial charge is 0.409 e. The van der Waals surface area contributed by atoms with Gasteiger partial charge in [0.25, 0.3) is 0 Å². The number of aromatic nitrogens is 3. The van der Waals surface area contributed by atoms with E-state index in [1.54, 1.807) is 18.0 Å². The van der Waals surface area contributed by atoms with Crippen molar-refractivity contribution in [3.05, 3.63) is 47.5 Å². The molecule has 8 heteroatoms. The molecule has 2 fully saturated rings. The topological polar surface area (TPSA) is 71.5 Å². The van der Waals surface area contributed by atoms with Gasteiger partial charge in [0.15, 0.2) is 5.16 Å². The van der Waals surface area contributed by atoms with Crippen molar-refractivity contribution in [3.8, 4) is 0 Å². The predicted octanol–water partition coefficient (Wildman–Crippen LogP) is 4.27. The lowest BCUT2D eigenvalue weighted by atomic mass is 9.90. The Labute approximate surface area is 195 Å². The number of hydrogen-bond acceptors (Lipinski definition) is 7. The number of hydrogen-bond donors (Lipinski definition) is 0. The minimum absolute atomic E-state index is 0.171. The average molecular weight is 456 g/mol. The van der Waals surface area contributed by atoms with E-state index in [0.29, 0.717) is 18.6 Å². The summed E-state index contributed by atoms with van der Waals surface area (Å²) in [6.45, 7) is 8.16. The SMILES string of the molecule is CCOC(=O)N1CCC(N2CCC[C@H](c3nc(SCc4cccnc4)ncc3C)C2)CC1. The van der Waals surface area contributed by atoms with Crippen molar-refractivity contribution in [3.63, 3.8) is 0 Å². The number of piperidine rings is 2. The number of carbonyl (C=O) groups is 1. The van der Waals surface area contributed by atoms with Crippen LogP contribution in [0.2, 0.25) is 0 Å². The molecule has 2 aliphatic heterocycles. The summed E-state index contributed by atoms with van der Waals surface area (Å²) in [4.78, 5) is 30.2. The first kappa shape index (κ1) is 23.0. The molecule has 0 saturated carbocycles. The molecular weight excluding hydrogens is 422 g/mol. The molecule has 0 aliphatic carbocycles. The second kappa shape index (κ2) is 11.1. The van der Waals surface area contributed by atoms with Gasteiger partial charge in [-0.2, -0.15) is 0 Å². The lowest BCUT2D eigenvalue weighted by molar-refractivity contribution is 0.0647. The van der Waals surface area contributed by atoms with E-state index >= 15 is 0 Å². The average Bonchev–Trinajstić information content (AvgIpc) is 2.84. The number of ether oxygens (including phenoxy) is 1. The van der Waals surface area contributed by atoms with E-state index in [1.807, 2.05) is 30.3 Å². The number of thioether (sulfide) groups is 1. The third-order valence-corrected chi connectivity index (χ3v) is 7.36. The molecule has 0 unspecified atom stereocenters. The van der Waals surface area contributed by atoms with Crippen LogP contribution in [0.3, 0.4) is 0 Å². The number of rotatable bonds is 6.